The predicted molar refractivity (Wildman–Crippen MR) is 76.5 cm³/mol. The second kappa shape index (κ2) is 5.75. The largest absolute Gasteiger partial charge is 0.478 e. The lowest BCUT2D eigenvalue weighted by molar-refractivity contribution is -0.152. The van der Waals surface area contributed by atoms with Gasteiger partial charge in [-0.15, -0.1) is 0 Å². The van der Waals surface area contributed by atoms with Gasteiger partial charge in [0.15, 0.2) is 11.4 Å². The first kappa shape index (κ1) is 14.7. The van der Waals surface area contributed by atoms with Crippen LogP contribution in [-0.4, -0.2) is 27.4 Å². The number of ether oxygens (including phenoxy) is 1. The Kier molecular flexibility index (Phi) is 4.03. The topological polar surface area (TPSA) is 76.5 Å². The Balaban J connectivity index is 2.26. The summed E-state index contributed by atoms with van der Waals surface area (Å²) in [4.78, 5) is 27.3. The SMILES string of the molecule is CC(C)(Oc1cccc(C(=O)c2cccnc2)c1)C(=O)O. The van der Waals surface area contributed by atoms with Crippen LogP contribution in [0.1, 0.15) is 29.8 Å². The number of aliphatic carboxylic acids is 1. The minimum Gasteiger partial charge on any atom is -0.478 e. The van der Waals surface area contributed by atoms with Gasteiger partial charge in [-0.1, -0.05) is 12.1 Å². The van der Waals surface area contributed by atoms with Crippen LogP contribution in [0.3, 0.4) is 0 Å². The van der Waals surface area contributed by atoms with Crippen molar-refractivity contribution in [2.45, 2.75) is 19.4 Å². The fourth-order valence-electron chi connectivity index (χ4n) is 1.70. The number of carbonyl (C=O) groups is 2. The average Bonchev–Trinajstić information content (AvgIpc) is 2.47. The van der Waals surface area contributed by atoms with Crippen molar-refractivity contribution in [1.29, 1.82) is 0 Å². The zero-order chi connectivity index (χ0) is 15.5. The number of ketones is 1. The van der Waals surface area contributed by atoms with E-state index in [0.717, 1.165) is 0 Å². The van der Waals surface area contributed by atoms with Gasteiger partial charge in [0, 0.05) is 23.5 Å². The maximum Gasteiger partial charge on any atom is 0.347 e. The van der Waals surface area contributed by atoms with Crippen LogP contribution in [-0.2, 0) is 4.79 Å². The summed E-state index contributed by atoms with van der Waals surface area (Å²) in [5.74, 6) is -0.940. The monoisotopic (exact) mass is 285 g/mol. The van der Waals surface area contributed by atoms with Gasteiger partial charge in [-0.25, -0.2) is 4.79 Å². The molecule has 2 rings (SSSR count). The van der Waals surface area contributed by atoms with E-state index >= 15 is 0 Å². The molecular formula is C16H15NO4. The molecule has 0 saturated heterocycles. The van der Waals surface area contributed by atoms with Crippen LogP contribution >= 0.6 is 0 Å². The van der Waals surface area contributed by atoms with E-state index in [-0.39, 0.29) is 5.78 Å². The number of hydrogen-bond acceptors (Lipinski definition) is 4. The number of hydrogen-bond donors (Lipinski definition) is 1. The first-order valence-electron chi connectivity index (χ1n) is 6.37. The molecule has 0 radical (unpaired) electrons. The van der Waals surface area contributed by atoms with E-state index in [0.29, 0.717) is 16.9 Å². The summed E-state index contributed by atoms with van der Waals surface area (Å²) < 4.78 is 5.42. The molecule has 0 unspecified atom stereocenters. The number of pyridine rings is 1. The highest BCUT2D eigenvalue weighted by Crippen LogP contribution is 2.21. The van der Waals surface area contributed by atoms with Crippen molar-refractivity contribution in [2.24, 2.45) is 0 Å². The molecule has 0 spiro atoms. The molecule has 1 heterocycles. The Hall–Kier alpha value is -2.69. The Bertz CT molecular complexity index is 665. The van der Waals surface area contributed by atoms with Crippen molar-refractivity contribution in [3.05, 3.63) is 59.9 Å². The maximum atomic E-state index is 12.3. The molecule has 0 aliphatic heterocycles. The van der Waals surface area contributed by atoms with Crippen LogP contribution in [0.2, 0.25) is 0 Å². The van der Waals surface area contributed by atoms with Gasteiger partial charge >= 0.3 is 5.97 Å². The van der Waals surface area contributed by atoms with Crippen molar-refractivity contribution in [3.8, 4) is 5.75 Å². The van der Waals surface area contributed by atoms with Crippen molar-refractivity contribution in [3.63, 3.8) is 0 Å². The van der Waals surface area contributed by atoms with Crippen LogP contribution in [0.15, 0.2) is 48.8 Å². The number of carbonyl (C=O) groups excluding carboxylic acids is 1. The highest BCUT2D eigenvalue weighted by atomic mass is 16.5. The highest BCUT2D eigenvalue weighted by Gasteiger charge is 2.29. The van der Waals surface area contributed by atoms with Gasteiger partial charge in [0.1, 0.15) is 5.75 Å². The van der Waals surface area contributed by atoms with Crippen LogP contribution in [0.5, 0.6) is 5.75 Å². The van der Waals surface area contributed by atoms with E-state index in [9.17, 15) is 9.59 Å². The van der Waals surface area contributed by atoms with Crippen molar-refractivity contribution < 1.29 is 19.4 Å². The predicted octanol–water partition coefficient (Wildman–Crippen LogP) is 2.55. The van der Waals surface area contributed by atoms with Crippen molar-refractivity contribution in [1.82, 2.24) is 4.98 Å². The summed E-state index contributed by atoms with van der Waals surface area (Å²) >= 11 is 0. The molecule has 1 N–H and O–H groups in total. The second-order valence-corrected chi connectivity index (χ2v) is 5.02. The van der Waals surface area contributed by atoms with E-state index in [2.05, 4.69) is 4.98 Å². The van der Waals surface area contributed by atoms with Gasteiger partial charge in [0.05, 0.1) is 0 Å². The molecule has 21 heavy (non-hydrogen) atoms. The van der Waals surface area contributed by atoms with Crippen molar-refractivity contribution in [2.75, 3.05) is 0 Å². The molecule has 0 amide bonds. The van der Waals surface area contributed by atoms with Gasteiger partial charge in [0.25, 0.3) is 0 Å². The van der Waals surface area contributed by atoms with E-state index < -0.39 is 11.6 Å². The second-order valence-electron chi connectivity index (χ2n) is 5.02. The minimum absolute atomic E-state index is 0.193. The molecule has 0 bridgehead atoms. The number of rotatable bonds is 5. The summed E-state index contributed by atoms with van der Waals surface area (Å²) in [5, 5.41) is 9.06. The number of carboxylic acids is 1. The third kappa shape index (κ3) is 3.45. The van der Waals surface area contributed by atoms with Crippen LogP contribution in [0.4, 0.5) is 0 Å². The van der Waals surface area contributed by atoms with E-state index in [1.54, 1.807) is 36.5 Å². The average molecular weight is 285 g/mol. The van der Waals surface area contributed by atoms with E-state index in [1.807, 2.05) is 0 Å². The zero-order valence-electron chi connectivity index (χ0n) is 11.7. The third-order valence-electron chi connectivity index (χ3n) is 2.91. The lowest BCUT2D eigenvalue weighted by Gasteiger charge is -2.21. The smallest absolute Gasteiger partial charge is 0.347 e. The fourth-order valence-corrected chi connectivity index (χ4v) is 1.70. The molecule has 1 aromatic carbocycles. The molecule has 0 aliphatic carbocycles. The van der Waals surface area contributed by atoms with E-state index in [1.165, 1.54) is 26.1 Å². The fraction of sp³-hybridized carbons (Fsp3) is 0.188. The first-order chi connectivity index (χ1) is 9.90. The number of nitrogens with zero attached hydrogens (tertiary/aromatic N) is 1. The molecule has 1 aromatic heterocycles. The van der Waals surface area contributed by atoms with Crippen LogP contribution in [0, 0.1) is 0 Å². The normalized spacial score (nSPS) is 11.0. The summed E-state index contributed by atoms with van der Waals surface area (Å²) in [7, 11) is 0. The third-order valence-corrected chi connectivity index (χ3v) is 2.91. The molecule has 108 valence electrons. The highest BCUT2D eigenvalue weighted by molar-refractivity contribution is 6.08. The summed E-state index contributed by atoms with van der Waals surface area (Å²) in [6.45, 7) is 2.90. The summed E-state index contributed by atoms with van der Waals surface area (Å²) in [6, 6.07) is 9.79. The molecule has 0 fully saturated rings. The van der Waals surface area contributed by atoms with Crippen LogP contribution in [0.25, 0.3) is 0 Å². The zero-order valence-corrected chi connectivity index (χ0v) is 11.7. The minimum atomic E-state index is -1.37. The number of benzene rings is 1. The van der Waals surface area contributed by atoms with Crippen molar-refractivity contribution >= 4 is 11.8 Å². The molecule has 2 aromatic rings. The van der Waals surface area contributed by atoms with Crippen LogP contribution < -0.4 is 4.74 Å². The molecular weight excluding hydrogens is 270 g/mol. The Morgan fingerprint density at radius 2 is 1.86 bits per heavy atom. The molecule has 5 nitrogen and oxygen atoms in total. The lowest BCUT2D eigenvalue weighted by Crippen LogP contribution is -2.37. The number of carboxylic acid groups (broad SMARTS) is 1. The van der Waals surface area contributed by atoms with Gasteiger partial charge < -0.3 is 9.84 Å². The summed E-state index contributed by atoms with van der Waals surface area (Å²) in [5.41, 5.74) is -0.482. The number of aromatic nitrogens is 1. The Morgan fingerprint density at radius 1 is 1.14 bits per heavy atom. The lowest BCUT2D eigenvalue weighted by atomic mass is 10.0. The summed E-state index contributed by atoms with van der Waals surface area (Å²) in [6.07, 6.45) is 3.07. The van der Waals surface area contributed by atoms with Gasteiger partial charge in [0.2, 0.25) is 0 Å². The maximum absolute atomic E-state index is 12.3. The first-order valence-corrected chi connectivity index (χ1v) is 6.37. The Morgan fingerprint density at radius 3 is 2.48 bits per heavy atom. The van der Waals surface area contributed by atoms with Gasteiger partial charge in [-0.3, -0.25) is 9.78 Å². The quantitative estimate of drug-likeness (QED) is 0.854. The molecule has 0 aliphatic rings. The standard InChI is InChI=1S/C16H15NO4/c1-16(2,15(19)20)21-13-7-3-5-11(9-13)14(18)12-6-4-8-17-10-12/h3-10H,1-2H3,(H,19,20). The Labute approximate surface area is 122 Å². The molecule has 0 saturated carbocycles. The molecule has 5 heteroatoms. The van der Waals surface area contributed by atoms with Gasteiger partial charge in [-0.2, -0.15) is 0 Å². The van der Waals surface area contributed by atoms with Gasteiger partial charge in [-0.05, 0) is 38.1 Å². The van der Waals surface area contributed by atoms with E-state index in [4.69, 9.17) is 9.84 Å². The molecule has 0 atom stereocenters.